The standard InChI is InChI=1S/C21H19Cl2F2N5O3/c1-10(2)27-19(31)13-8-12(22)7-11(3)17(13)28-20(32)15-9-16(33-21(24)25)29-30(15)18-14(23)5-4-6-26-18/h4-10,21H,1-3H3,(H,27,31)(H,28,32). The third kappa shape index (κ3) is 5.77. The van der Waals surface area contributed by atoms with Crippen molar-refractivity contribution in [3.05, 3.63) is 63.4 Å². The van der Waals surface area contributed by atoms with Crippen LogP contribution < -0.4 is 15.4 Å². The Morgan fingerprint density at radius 1 is 1.15 bits per heavy atom. The summed E-state index contributed by atoms with van der Waals surface area (Å²) < 4.78 is 30.8. The first-order valence-corrected chi connectivity index (χ1v) is 10.4. The van der Waals surface area contributed by atoms with E-state index in [1.165, 1.54) is 18.3 Å². The topological polar surface area (TPSA) is 98.1 Å². The third-order valence-electron chi connectivity index (χ3n) is 4.27. The fourth-order valence-electron chi connectivity index (χ4n) is 2.97. The molecule has 3 rings (SSSR count). The van der Waals surface area contributed by atoms with Crippen molar-refractivity contribution in [1.82, 2.24) is 20.1 Å². The molecule has 0 saturated carbocycles. The zero-order valence-corrected chi connectivity index (χ0v) is 19.2. The molecule has 3 aromatic rings. The highest BCUT2D eigenvalue weighted by Crippen LogP contribution is 2.28. The van der Waals surface area contributed by atoms with Crippen molar-refractivity contribution in [3.63, 3.8) is 0 Å². The summed E-state index contributed by atoms with van der Waals surface area (Å²) in [6, 6.07) is 6.90. The monoisotopic (exact) mass is 497 g/mol. The van der Waals surface area contributed by atoms with Crippen LogP contribution in [0.4, 0.5) is 14.5 Å². The molecule has 174 valence electrons. The van der Waals surface area contributed by atoms with E-state index in [4.69, 9.17) is 23.2 Å². The number of ether oxygens (including phenoxy) is 1. The number of aromatic nitrogens is 3. The predicted octanol–water partition coefficient (Wildman–Crippen LogP) is 4.87. The van der Waals surface area contributed by atoms with Crippen LogP contribution in [0.25, 0.3) is 5.82 Å². The van der Waals surface area contributed by atoms with E-state index >= 15 is 0 Å². The summed E-state index contributed by atoms with van der Waals surface area (Å²) >= 11 is 12.3. The number of hydrogen-bond acceptors (Lipinski definition) is 5. The van der Waals surface area contributed by atoms with E-state index in [9.17, 15) is 18.4 Å². The van der Waals surface area contributed by atoms with Crippen LogP contribution in [0.3, 0.4) is 0 Å². The van der Waals surface area contributed by atoms with Gasteiger partial charge in [-0.25, -0.2) is 9.67 Å². The number of anilines is 1. The largest absolute Gasteiger partial charge is 0.415 e. The summed E-state index contributed by atoms with van der Waals surface area (Å²) in [5, 5.41) is 9.69. The van der Waals surface area contributed by atoms with Gasteiger partial charge in [0.05, 0.1) is 16.3 Å². The van der Waals surface area contributed by atoms with Crippen LogP contribution in [0.15, 0.2) is 36.5 Å². The number of alkyl halides is 2. The third-order valence-corrected chi connectivity index (χ3v) is 4.79. The Kier molecular flexibility index (Phi) is 7.50. The lowest BCUT2D eigenvalue weighted by Crippen LogP contribution is -2.31. The van der Waals surface area contributed by atoms with Crippen LogP contribution in [-0.4, -0.2) is 39.2 Å². The van der Waals surface area contributed by atoms with Crippen LogP contribution in [0.5, 0.6) is 5.88 Å². The molecule has 2 N–H and O–H groups in total. The lowest BCUT2D eigenvalue weighted by molar-refractivity contribution is -0.0530. The molecule has 0 unspecified atom stereocenters. The molecule has 0 spiro atoms. The van der Waals surface area contributed by atoms with E-state index in [-0.39, 0.29) is 33.8 Å². The van der Waals surface area contributed by atoms with E-state index in [1.807, 2.05) is 0 Å². The van der Waals surface area contributed by atoms with Gasteiger partial charge in [-0.15, -0.1) is 5.10 Å². The summed E-state index contributed by atoms with van der Waals surface area (Å²) in [7, 11) is 0. The van der Waals surface area contributed by atoms with Crippen LogP contribution in [-0.2, 0) is 0 Å². The van der Waals surface area contributed by atoms with Gasteiger partial charge in [0.1, 0.15) is 5.69 Å². The van der Waals surface area contributed by atoms with Crippen molar-refractivity contribution >= 4 is 40.7 Å². The maximum Gasteiger partial charge on any atom is 0.388 e. The predicted molar refractivity (Wildman–Crippen MR) is 120 cm³/mol. The van der Waals surface area contributed by atoms with E-state index in [2.05, 4.69) is 25.5 Å². The van der Waals surface area contributed by atoms with Gasteiger partial charge >= 0.3 is 6.61 Å². The molecule has 0 aliphatic rings. The van der Waals surface area contributed by atoms with Crippen LogP contribution in [0.1, 0.15) is 40.3 Å². The number of aryl methyl sites for hydroxylation is 1. The smallest absolute Gasteiger partial charge is 0.388 e. The molecule has 8 nitrogen and oxygen atoms in total. The number of carbonyl (C=O) groups excluding carboxylic acids is 2. The highest BCUT2D eigenvalue weighted by atomic mass is 35.5. The van der Waals surface area contributed by atoms with Gasteiger partial charge < -0.3 is 15.4 Å². The number of halogens is 4. The Bertz CT molecular complexity index is 1200. The average molecular weight is 498 g/mol. The van der Waals surface area contributed by atoms with E-state index < -0.39 is 24.3 Å². The summed E-state index contributed by atoms with van der Waals surface area (Å²) in [4.78, 5) is 30.0. The Labute approximate surface area is 197 Å². The molecule has 0 aliphatic heterocycles. The van der Waals surface area contributed by atoms with Crippen LogP contribution in [0, 0.1) is 6.92 Å². The summed E-state index contributed by atoms with van der Waals surface area (Å²) in [5.74, 6) is -1.70. The lowest BCUT2D eigenvalue weighted by atomic mass is 10.1. The van der Waals surface area contributed by atoms with Gasteiger partial charge in [0, 0.05) is 23.3 Å². The first-order chi connectivity index (χ1) is 15.6. The normalized spacial score (nSPS) is 11.1. The van der Waals surface area contributed by atoms with E-state index in [0.717, 1.165) is 10.7 Å². The summed E-state index contributed by atoms with van der Waals surface area (Å²) in [5.41, 5.74) is 0.637. The number of pyridine rings is 1. The zero-order chi connectivity index (χ0) is 24.3. The Hall–Kier alpha value is -3.24. The van der Waals surface area contributed by atoms with Gasteiger partial charge in [0.2, 0.25) is 5.88 Å². The summed E-state index contributed by atoms with van der Waals surface area (Å²) in [6.07, 6.45) is 1.40. The minimum Gasteiger partial charge on any atom is -0.415 e. The molecule has 0 radical (unpaired) electrons. The fourth-order valence-corrected chi connectivity index (χ4v) is 3.44. The molecule has 1 aromatic carbocycles. The Morgan fingerprint density at radius 3 is 2.52 bits per heavy atom. The van der Waals surface area contributed by atoms with Crippen molar-refractivity contribution in [2.75, 3.05) is 5.32 Å². The number of carbonyl (C=O) groups is 2. The van der Waals surface area contributed by atoms with Gasteiger partial charge in [-0.3, -0.25) is 9.59 Å². The van der Waals surface area contributed by atoms with Crippen molar-refractivity contribution in [3.8, 4) is 11.7 Å². The molecule has 0 atom stereocenters. The first-order valence-electron chi connectivity index (χ1n) is 9.65. The molecule has 2 aromatic heterocycles. The minimum absolute atomic E-state index is 0.0269. The maximum atomic E-state index is 13.2. The Morgan fingerprint density at radius 2 is 1.88 bits per heavy atom. The van der Waals surface area contributed by atoms with Gasteiger partial charge in [-0.2, -0.15) is 8.78 Å². The molecule has 33 heavy (non-hydrogen) atoms. The Balaban J connectivity index is 2.06. The molecule has 0 fully saturated rings. The molecule has 2 amide bonds. The van der Waals surface area contributed by atoms with Gasteiger partial charge in [-0.1, -0.05) is 23.2 Å². The average Bonchev–Trinajstić information content (AvgIpc) is 3.12. The second kappa shape index (κ2) is 10.1. The molecular formula is C21H19Cl2F2N5O3. The van der Waals surface area contributed by atoms with E-state index in [0.29, 0.717) is 10.6 Å². The van der Waals surface area contributed by atoms with Crippen molar-refractivity contribution in [1.29, 1.82) is 0 Å². The van der Waals surface area contributed by atoms with Crippen molar-refractivity contribution < 1.29 is 23.1 Å². The second-order valence-electron chi connectivity index (χ2n) is 7.19. The van der Waals surface area contributed by atoms with Gasteiger partial charge in [0.15, 0.2) is 5.82 Å². The number of hydrogen-bond donors (Lipinski definition) is 2. The highest BCUT2D eigenvalue weighted by Gasteiger charge is 2.24. The zero-order valence-electron chi connectivity index (χ0n) is 17.7. The molecule has 2 heterocycles. The molecule has 0 bridgehead atoms. The molecule has 12 heteroatoms. The maximum absolute atomic E-state index is 13.2. The van der Waals surface area contributed by atoms with Crippen molar-refractivity contribution in [2.45, 2.75) is 33.4 Å². The van der Waals surface area contributed by atoms with Gasteiger partial charge in [0.25, 0.3) is 11.8 Å². The SMILES string of the molecule is Cc1cc(Cl)cc(C(=O)NC(C)C)c1NC(=O)c1cc(OC(F)F)nn1-c1ncccc1Cl. The number of benzene rings is 1. The quantitative estimate of drug-likeness (QED) is 0.484. The number of nitrogens with one attached hydrogen (secondary N) is 2. The van der Waals surface area contributed by atoms with Crippen molar-refractivity contribution in [2.24, 2.45) is 0 Å². The summed E-state index contributed by atoms with van der Waals surface area (Å²) in [6.45, 7) is 2.07. The second-order valence-corrected chi connectivity index (χ2v) is 8.04. The fraction of sp³-hybridized carbons (Fsp3) is 0.238. The highest BCUT2D eigenvalue weighted by molar-refractivity contribution is 6.32. The van der Waals surface area contributed by atoms with Crippen LogP contribution >= 0.6 is 23.2 Å². The first kappa shape index (κ1) is 24.4. The molecule has 0 saturated heterocycles. The molecule has 0 aliphatic carbocycles. The molecular weight excluding hydrogens is 479 g/mol. The lowest BCUT2D eigenvalue weighted by Gasteiger charge is -2.16. The van der Waals surface area contributed by atoms with Gasteiger partial charge in [-0.05, 0) is 50.6 Å². The number of amides is 2. The number of nitrogens with zero attached hydrogens (tertiary/aromatic N) is 3. The minimum atomic E-state index is -3.16. The number of rotatable bonds is 7. The van der Waals surface area contributed by atoms with E-state index in [1.54, 1.807) is 32.9 Å². The van der Waals surface area contributed by atoms with Crippen LogP contribution in [0.2, 0.25) is 10.0 Å².